The Hall–Kier alpha value is -1.89. The van der Waals surface area contributed by atoms with Gasteiger partial charge in [-0.05, 0) is 19.1 Å². The Morgan fingerprint density at radius 2 is 2.16 bits per heavy atom. The molecule has 19 heavy (non-hydrogen) atoms. The molecule has 3 rings (SSSR count). The molecule has 1 amide bonds. The molecule has 100 valence electrons. The number of aromatic amines is 1. The molecule has 1 N–H and O–H groups in total. The molecule has 0 aliphatic carbocycles. The van der Waals surface area contributed by atoms with E-state index >= 15 is 0 Å². The molecule has 0 aromatic carbocycles. The highest BCUT2D eigenvalue weighted by Gasteiger charge is 2.24. The smallest absolute Gasteiger partial charge is 0.270 e. The lowest BCUT2D eigenvalue weighted by Gasteiger charge is -2.34. The van der Waals surface area contributed by atoms with Crippen molar-refractivity contribution in [2.45, 2.75) is 6.92 Å². The molecule has 7 heteroatoms. The summed E-state index contributed by atoms with van der Waals surface area (Å²) in [7, 11) is 0. The van der Waals surface area contributed by atoms with E-state index in [0.717, 1.165) is 37.1 Å². The second-order valence-corrected chi connectivity index (χ2v) is 5.22. The van der Waals surface area contributed by atoms with Crippen LogP contribution >= 0.6 is 11.5 Å². The molecule has 1 saturated heterocycles. The molecule has 0 unspecified atom stereocenters. The molecule has 2 aromatic rings. The number of carbonyl (C=O) groups excluding carboxylic acids is 1. The first kappa shape index (κ1) is 12.2. The number of hydrogen-bond donors (Lipinski definition) is 1. The van der Waals surface area contributed by atoms with Gasteiger partial charge in [0.2, 0.25) is 5.13 Å². The minimum Gasteiger partial charge on any atom is -0.357 e. The predicted octanol–water partition coefficient (Wildman–Crippen LogP) is 1.14. The predicted molar refractivity (Wildman–Crippen MR) is 73.6 cm³/mol. The fraction of sp³-hybridized carbons (Fsp3) is 0.417. The Morgan fingerprint density at radius 1 is 1.37 bits per heavy atom. The number of rotatable bonds is 2. The Balaban J connectivity index is 1.62. The van der Waals surface area contributed by atoms with Gasteiger partial charge in [-0.25, -0.2) is 4.98 Å². The Bertz CT molecular complexity index is 556. The minimum atomic E-state index is 0.0677. The quantitative estimate of drug-likeness (QED) is 0.894. The van der Waals surface area contributed by atoms with Crippen LogP contribution in [-0.2, 0) is 0 Å². The van der Waals surface area contributed by atoms with Crippen molar-refractivity contribution in [1.82, 2.24) is 19.2 Å². The minimum absolute atomic E-state index is 0.0677. The molecule has 0 atom stereocenters. The lowest BCUT2D eigenvalue weighted by molar-refractivity contribution is 0.0741. The van der Waals surface area contributed by atoms with Gasteiger partial charge in [-0.15, -0.1) is 0 Å². The number of nitrogens with zero attached hydrogens (tertiary/aromatic N) is 4. The van der Waals surface area contributed by atoms with Crippen LogP contribution in [0, 0.1) is 6.92 Å². The van der Waals surface area contributed by atoms with Crippen molar-refractivity contribution in [2.24, 2.45) is 0 Å². The third-order valence-corrected chi connectivity index (χ3v) is 4.05. The van der Waals surface area contributed by atoms with Crippen LogP contribution in [0.3, 0.4) is 0 Å². The van der Waals surface area contributed by atoms with Gasteiger partial charge < -0.3 is 14.8 Å². The van der Waals surface area contributed by atoms with Gasteiger partial charge in [-0.1, -0.05) is 0 Å². The van der Waals surface area contributed by atoms with Crippen molar-refractivity contribution in [3.63, 3.8) is 0 Å². The van der Waals surface area contributed by atoms with Gasteiger partial charge >= 0.3 is 0 Å². The maximum atomic E-state index is 12.2. The Morgan fingerprint density at radius 3 is 2.74 bits per heavy atom. The number of carbonyl (C=O) groups is 1. The van der Waals surface area contributed by atoms with E-state index in [1.54, 1.807) is 6.20 Å². The van der Waals surface area contributed by atoms with Crippen molar-refractivity contribution in [1.29, 1.82) is 0 Å². The molecular weight excluding hydrogens is 262 g/mol. The number of anilines is 1. The van der Waals surface area contributed by atoms with E-state index in [-0.39, 0.29) is 5.91 Å². The number of H-pyrrole nitrogens is 1. The van der Waals surface area contributed by atoms with Gasteiger partial charge in [-0.3, -0.25) is 4.79 Å². The monoisotopic (exact) mass is 277 g/mol. The second-order valence-electron chi connectivity index (χ2n) is 4.49. The number of hydrogen-bond acceptors (Lipinski definition) is 5. The molecule has 1 aliphatic rings. The van der Waals surface area contributed by atoms with Crippen molar-refractivity contribution in [3.8, 4) is 0 Å². The van der Waals surface area contributed by atoms with Crippen LogP contribution in [0.1, 0.15) is 16.3 Å². The maximum absolute atomic E-state index is 12.2. The maximum Gasteiger partial charge on any atom is 0.270 e. The summed E-state index contributed by atoms with van der Waals surface area (Å²) < 4.78 is 4.19. The average molecular weight is 277 g/mol. The summed E-state index contributed by atoms with van der Waals surface area (Å²) in [6, 6.07) is 3.65. The first-order chi connectivity index (χ1) is 9.24. The molecule has 1 aliphatic heterocycles. The number of amides is 1. The van der Waals surface area contributed by atoms with Crippen molar-refractivity contribution in [3.05, 3.63) is 29.8 Å². The second kappa shape index (κ2) is 5.00. The van der Waals surface area contributed by atoms with Crippen LogP contribution in [0.15, 0.2) is 18.3 Å². The normalized spacial score (nSPS) is 15.8. The van der Waals surface area contributed by atoms with Gasteiger partial charge in [-0.2, -0.15) is 4.37 Å². The molecule has 0 saturated carbocycles. The highest BCUT2D eigenvalue weighted by Crippen LogP contribution is 2.19. The molecular formula is C12H15N5OS. The summed E-state index contributed by atoms with van der Waals surface area (Å²) in [6.45, 7) is 4.94. The molecule has 3 heterocycles. The number of aryl methyl sites for hydroxylation is 1. The zero-order valence-electron chi connectivity index (χ0n) is 10.7. The molecule has 0 bridgehead atoms. The van der Waals surface area contributed by atoms with Crippen LogP contribution in [0.2, 0.25) is 0 Å². The number of nitrogens with one attached hydrogen (secondary N) is 1. The standard InChI is InChI=1S/C12H15N5OS/c1-9-14-12(19-15-9)17-7-5-16(6-8-17)11(18)10-3-2-4-13-10/h2-4,13H,5-8H2,1H3. The molecule has 0 radical (unpaired) electrons. The Kier molecular flexibility index (Phi) is 3.20. The van der Waals surface area contributed by atoms with E-state index in [9.17, 15) is 4.79 Å². The van der Waals surface area contributed by atoms with Crippen molar-refractivity contribution in [2.75, 3.05) is 31.1 Å². The zero-order valence-corrected chi connectivity index (χ0v) is 11.5. The topological polar surface area (TPSA) is 65.1 Å². The molecule has 6 nitrogen and oxygen atoms in total. The first-order valence-corrected chi connectivity index (χ1v) is 6.99. The zero-order chi connectivity index (χ0) is 13.2. The average Bonchev–Trinajstić information content (AvgIpc) is 3.09. The van der Waals surface area contributed by atoms with Crippen molar-refractivity contribution < 1.29 is 4.79 Å². The summed E-state index contributed by atoms with van der Waals surface area (Å²) in [4.78, 5) is 23.5. The highest BCUT2D eigenvalue weighted by molar-refractivity contribution is 7.09. The van der Waals surface area contributed by atoms with Gasteiger partial charge in [0.25, 0.3) is 5.91 Å². The van der Waals surface area contributed by atoms with Gasteiger partial charge in [0, 0.05) is 43.9 Å². The van der Waals surface area contributed by atoms with E-state index in [4.69, 9.17) is 0 Å². The SMILES string of the molecule is Cc1nsc(N2CCN(C(=O)c3ccc[nH]3)CC2)n1. The van der Waals surface area contributed by atoms with E-state index in [1.165, 1.54) is 11.5 Å². The first-order valence-electron chi connectivity index (χ1n) is 6.22. The lowest BCUT2D eigenvalue weighted by atomic mass is 10.3. The summed E-state index contributed by atoms with van der Waals surface area (Å²) in [5.74, 6) is 0.878. The summed E-state index contributed by atoms with van der Waals surface area (Å²) in [6.07, 6.45) is 1.77. The van der Waals surface area contributed by atoms with Gasteiger partial charge in [0.1, 0.15) is 11.5 Å². The van der Waals surface area contributed by atoms with E-state index in [2.05, 4.69) is 19.2 Å². The van der Waals surface area contributed by atoms with Gasteiger partial charge in [0.05, 0.1) is 0 Å². The third kappa shape index (κ3) is 2.46. The fourth-order valence-electron chi connectivity index (χ4n) is 2.15. The van der Waals surface area contributed by atoms with Crippen LogP contribution < -0.4 is 4.90 Å². The van der Waals surface area contributed by atoms with Crippen LogP contribution in [0.4, 0.5) is 5.13 Å². The number of aromatic nitrogens is 3. The van der Waals surface area contributed by atoms with Crippen LogP contribution in [0.25, 0.3) is 0 Å². The summed E-state index contributed by atoms with van der Waals surface area (Å²) >= 11 is 1.42. The molecule has 0 spiro atoms. The van der Waals surface area contributed by atoms with Crippen LogP contribution in [-0.4, -0.2) is 51.3 Å². The molecule has 2 aromatic heterocycles. The van der Waals surface area contributed by atoms with E-state index in [0.29, 0.717) is 5.69 Å². The fourth-order valence-corrected chi connectivity index (χ4v) is 2.87. The van der Waals surface area contributed by atoms with Crippen LogP contribution in [0.5, 0.6) is 0 Å². The highest BCUT2D eigenvalue weighted by atomic mass is 32.1. The summed E-state index contributed by atoms with van der Waals surface area (Å²) in [5, 5.41) is 0.949. The van der Waals surface area contributed by atoms with E-state index in [1.807, 2.05) is 24.0 Å². The molecule has 1 fully saturated rings. The summed E-state index contributed by atoms with van der Waals surface area (Å²) in [5.41, 5.74) is 0.653. The number of piperazine rings is 1. The third-order valence-electron chi connectivity index (χ3n) is 3.18. The van der Waals surface area contributed by atoms with E-state index < -0.39 is 0 Å². The Labute approximate surface area is 115 Å². The lowest BCUT2D eigenvalue weighted by Crippen LogP contribution is -2.48. The van der Waals surface area contributed by atoms with Gasteiger partial charge in [0.15, 0.2) is 0 Å². The largest absolute Gasteiger partial charge is 0.357 e. The van der Waals surface area contributed by atoms with Crippen molar-refractivity contribution >= 4 is 22.6 Å².